The SMILES string of the molecule is COc1ccccc1-c1nc2c(C(=O)O)cccc2[nH]1. The molecule has 100 valence electrons. The Kier molecular flexibility index (Phi) is 2.87. The first-order valence-corrected chi connectivity index (χ1v) is 6.06. The van der Waals surface area contributed by atoms with Crippen molar-refractivity contribution in [3.05, 3.63) is 48.0 Å². The zero-order chi connectivity index (χ0) is 14.1. The van der Waals surface area contributed by atoms with Crippen molar-refractivity contribution in [2.45, 2.75) is 0 Å². The third kappa shape index (κ3) is 1.89. The summed E-state index contributed by atoms with van der Waals surface area (Å²) < 4.78 is 5.30. The van der Waals surface area contributed by atoms with Gasteiger partial charge in [0, 0.05) is 0 Å². The van der Waals surface area contributed by atoms with Gasteiger partial charge in [-0.3, -0.25) is 0 Å². The fourth-order valence-electron chi connectivity index (χ4n) is 2.17. The standard InChI is InChI=1S/C15H12N2O3/c1-20-12-8-3-2-5-9(12)14-16-11-7-4-6-10(15(18)19)13(11)17-14/h2-8H,1H3,(H,16,17)(H,18,19). The Morgan fingerprint density at radius 2 is 2.00 bits per heavy atom. The van der Waals surface area contributed by atoms with E-state index in [4.69, 9.17) is 4.74 Å². The average molecular weight is 268 g/mol. The Morgan fingerprint density at radius 3 is 2.75 bits per heavy atom. The van der Waals surface area contributed by atoms with Crippen molar-refractivity contribution in [2.24, 2.45) is 0 Å². The van der Waals surface area contributed by atoms with Gasteiger partial charge in [0.05, 0.1) is 23.8 Å². The zero-order valence-electron chi connectivity index (χ0n) is 10.8. The Bertz CT molecular complexity index is 793. The number of aromatic amines is 1. The number of nitrogens with zero attached hydrogens (tertiary/aromatic N) is 1. The van der Waals surface area contributed by atoms with Gasteiger partial charge in [-0.05, 0) is 24.3 Å². The summed E-state index contributed by atoms with van der Waals surface area (Å²) >= 11 is 0. The first-order chi connectivity index (χ1) is 9.70. The molecule has 3 aromatic rings. The van der Waals surface area contributed by atoms with Gasteiger partial charge in [0.15, 0.2) is 0 Å². The molecule has 0 fully saturated rings. The number of benzene rings is 2. The molecule has 0 saturated heterocycles. The molecule has 5 nitrogen and oxygen atoms in total. The average Bonchev–Trinajstić information content (AvgIpc) is 2.90. The molecule has 0 saturated carbocycles. The molecule has 20 heavy (non-hydrogen) atoms. The highest BCUT2D eigenvalue weighted by Gasteiger charge is 2.14. The van der Waals surface area contributed by atoms with Gasteiger partial charge < -0.3 is 14.8 Å². The molecular formula is C15H12N2O3. The summed E-state index contributed by atoms with van der Waals surface area (Å²) in [5, 5.41) is 9.18. The molecule has 2 aromatic carbocycles. The van der Waals surface area contributed by atoms with Crippen molar-refractivity contribution in [3.8, 4) is 17.1 Å². The Labute approximate surface area is 114 Å². The van der Waals surface area contributed by atoms with Crippen LogP contribution in [0, 0.1) is 0 Å². The Balaban J connectivity index is 2.23. The van der Waals surface area contributed by atoms with E-state index in [1.165, 1.54) is 6.07 Å². The highest BCUT2D eigenvalue weighted by molar-refractivity contribution is 6.01. The number of nitrogens with one attached hydrogen (secondary N) is 1. The Hall–Kier alpha value is -2.82. The summed E-state index contributed by atoms with van der Waals surface area (Å²) in [6.07, 6.45) is 0. The molecule has 1 aromatic heterocycles. The van der Waals surface area contributed by atoms with E-state index in [1.54, 1.807) is 19.2 Å². The van der Waals surface area contributed by atoms with Gasteiger partial charge in [0.2, 0.25) is 0 Å². The molecule has 3 rings (SSSR count). The second-order valence-corrected chi connectivity index (χ2v) is 4.29. The molecule has 1 heterocycles. The van der Waals surface area contributed by atoms with Crippen molar-refractivity contribution in [2.75, 3.05) is 7.11 Å². The molecule has 0 aliphatic heterocycles. The Morgan fingerprint density at radius 1 is 1.20 bits per heavy atom. The summed E-state index contributed by atoms with van der Waals surface area (Å²) in [6, 6.07) is 12.5. The van der Waals surface area contributed by atoms with Crippen LogP contribution in [0.1, 0.15) is 10.4 Å². The number of fused-ring (bicyclic) bond motifs is 1. The predicted octanol–water partition coefficient (Wildman–Crippen LogP) is 2.94. The number of hydrogen-bond donors (Lipinski definition) is 2. The van der Waals surface area contributed by atoms with E-state index < -0.39 is 5.97 Å². The number of hydrogen-bond acceptors (Lipinski definition) is 3. The topological polar surface area (TPSA) is 75.2 Å². The third-order valence-corrected chi connectivity index (χ3v) is 3.11. The van der Waals surface area contributed by atoms with Gasteiger partial charge >= 0.3 is 5.97 Å². The van der Waals surface area contributed by atoms with Crippen LogP contribution in [0.3, 0.4) is 0 Å². The summed E-state index contributed by atoms with van der Waals surface area (Å²) in [5.74, 6) is 0.281. The van der Waals surface area contributed by atoms with Gasteiger partial charge in [0.25, 0.3) is 0 Å². The monoisotopic (exact) mass is 268 g/mol. The van der Waals surface area contributed by atoms with Crippen LogP contribution in [0.15, 0.2) is 42.5 Å². The van der Waals surface area contributed by atoms with Crippen LogP contribution >= 0.6 is 0 Å². The number of H-pyrrole nitrogens is 1. The lowest BCUT2D eigenvalue weighted by molar-refractivity contribution is 0.0699. The number of carbonyl (C=O) groups is 1. The number of imidazole rings is 1. The molecule has 5 heteroatoms. The maximum atomic E-state index is 11.2. The van der Waals surface area contributed by atoms with E-state index in [0.717, 1.165) is 5.56 Å². The van der Waals surface area contributed by atoms with E-state index in [-0.39, 0.29) is 5.56 Å². The highest BCUT2D eigenvalue weighted by Crippen LogP contribution is 2.29. The summed E-state index contributed by atoms with van der Waals surface area (Å²) in [6.45, 7) is 0. The zero-order valence-corrected chi connectivity index (χ0v) is 10.8. The van der Waals surface area contributed by atoms with Crippen LogP contribution < -0.4 is 4.74 Å². The van der Waals surface area contributed by atoms with E-state index in [2.05, 4.69) is 9.97 Å². The molecule has 0 unspecified atom stereocenters. The maximum absolute atomic E-state index is 11.2. The van der Waals surface area contributed by atoms with E-state index in [0.29, 0.717) is 22.6 Å². The molecule has 0 amide bonds. The van der Waals surface area contributed by atoms with Crippen molar-refractivity contribution in [1.29, 1.82) is 0 Å². The lowest BCUT2D eigenvalue weighted by Crippen LogP contribution is -1.96. The minimum absolute atomic E-state index is 0.180. The summed E-state index contributed by atoms with van der Waals surface area (Å²) in [5.41, 5.74) is 2.11. The molecule has 2 N–H and O–H groups in total. The molecule has 0 aliphatic rings. The maximum Gasteiger partial charge on any atom is 0.337 e. The van der Waals surface area contributed by atoms with Gasteiger partial charge in [-0.1, -0.05) is 18.2 Å². The lowest BCUT2D eigenvalue weighted by Gasteiger charge is -2.04. The molecule has 0 aliphatic carbocycles. The fourth-order valence-corrected chi connectivity index (χ4v) is 2.17. The number of aromatic carboxylic acids is 1. The molecule has 0 bridgehead atoms. The molecule has 0 spiro atoms. The largest absolute Gasteiger partial charge is 0.496 e. The number of carboxylic acids is 1. The highest BCUT2D eigenvalue weighted by atomic mass is 16.5. The smallest absolute Gasteiger partial charge is 0.337 e. The predicted molar refractivity (Wildman–Crippen MR) is 75.0 cm³/mol. The second kappa shape index (κ2) is 4.70. The number of rotatable bonds is 3. The van der Waals surface area contributed by atoms with Crippen molar-refractivity contribution >= 4 is 17.0 Å². The first-order valence-electron chi connectivity index (χ1n) is 6.06. The molecule has 0 atom stereocenters. The summed E-state index contributed by atoms with van der Waals surface area (Å²) in [7, 11) is 1.59. The van der Waals surface area contributed by atoms with Crippen LogP contribution in [0.25, 0.3) is 22.4 Å². The fraction of sp³-hybridized carbons (Fsp3) is 0.0667. The number of para-hydroxylation sites is 2. The van der Waals surface area contributed by atoms with Crippen molar-refractivity contribution < 1.29 is 14.6 Å². The van der Waals surface area contributed by atoms with Crippen molar-refractivity contribution in [1.82, 2.24) is 9.97 Å². The van der Waals surface area contributed by atoms with Gasteiger partial charge in [-0.2, -0.15) is 0 Å². The van der Waals surface area contributed by atoms with Crippen LogP contribution in [-0.2, 0) is 0 Å². The molecule has 0 radical (unpaired) electrons. The minimum atomic E-state index is -0.992. The van der Waals surface area contributed by atoms with Gasteiger partial charge in [-0.25, -0.2) is 9.78 Å². The quantitative estimate of drug-likeness (QED) is 0.765. The second-order valence-electron chi connectivity index (χ2n) is 4.29. The van der Waals surface area contributed by atoms with E-state index in [9.17, 15) is 9.90 Å². The van der Waals surface area contributed by atoms with Gasteiger partial charge in [0.1, 0.15) is 17.1 Å². The van der Waals surface area contributed by atoms with Crippen molar-refractivity contribution in [3.63, 3.8) is 0 Å². The number of aromatic nitrogens is 2. The normalized spacial score (nSPS) is 10.7. The van der Waals surface area contributed by atoms with E-state index >= 15 is 0 Å². The minimum Gasteiger partial charge on any atom is -0.496 e. The van der Waals surface area contributed by atoms with Gasteiger partial charge in [-0.15, -0.1) is 0 Å². The lowest BCUT2D eigenvalue weighted by atomic mass is 10.2. The summed E-state index contributed by atoms with van der Waals surface area (Å²) in [4.78, 5) is 18.7. The number of ether oxygens (including phenoxy) is 1. The first kappa shape index (κ1) is 12.2. The molecular weight excluding hydrogens is 256 g/mol. The van der Waals surface area contributed by atoms with Crippen LogP contribution in [0.5, 0.6) is 5.75 Å². The van der Waals surface area contributed by atoms with Crippen LogP contribution in [0.4, 0.5) is 0 Å². The van der Waals surface area contributed by atoms with E-state index in [1.807, 2.05) is 24.3 Å². The number of methoxy groups -OCH3 is 1. The third-order valence-electron chi connectivity index (χ3n) is 3.11. The number of carboxylic acid groups (broad SMARTS) is 1. The van der Waals surface area contributed by atoms with Crippen LogP contribution in [-0.4, -0.2) is 28.2 Å². The van der Waals surface area contributed by atoms with Crippen LogP contribution in [0.2, 0.25) is 0 Å².